The quantitative estimate of drug-likeness (QED) is 0.783. The molecule has 15 heavy (non-hydrogen) atoms. The number of nitrogens with one attached hydrogen (secondary N) is 1. The Bertz CT molecular complexity index is 312. The van der Waals surface area contributed by atoms with Gasteiger partial charge in [0.25, 0.3) is 0 Å². The van der Waals surface area contributed by atoms with Crippen LogP contribution < -0.4 is 5.32 Å². The maximum atomic E-state index is 11.7. The molecule has 0 aromatic carbocycles. The molecule has 0 saturated heterocycles. The lowest BCUT2D eigenvalue weighted by atomic mass is 9.96. The minimum Gasteiger partial charge on any atom is -0.396 e. The number of amides is 1. The van der Waals surface area contributed by atoms with Crippen LogP contribution in [0.4, 0.5) is 5.69 Å². The van der Waals surface area contributed by atoms with Crippen molar-refractivity contribution < 1.29 is 9.90 Å². The normalized spacial score (nSPS) is 12.5. The smallest absolute Gasteiger partial charge is 0.230 e. The minimum atomic E-state index is -0.370. The molecule has 1 heterocycles. The Labute approximate surface area is 89.3 Å². The number of carbonyl (C=O) groups excluding carboxylic acids is 1. The molecule has 4 heteroatoms. The summed E-state index contributed by atoms with van der Waals surface area (Å²) in [7, 11) is 0. The van der Waals surface area contributed by atoms with Crippen LogP contribution >= 0.6 is 0 Å². The van der Waals surface area contributed by atoms with E-state index in [1.807, 2.05) is 13.8 Å². The highest BCUT2D eigenvalue weighted by Gasteiger charge is 2.20. The first-order valence-corrected chi connectivity index (χ1v) is 4.97. The number of pyridine rings is 1. The van der Waals surface area contributed by atoms with Crippen molar-refractivity contribution in [3.63, 3.8) is 0 Å². The first-order valence-electron chi connectivity index (χ1n) is 4.97. The van der Waals surface area contributed by atoms with Gasteiger partial charge in [0.2, 0.25) is 5.91 Å². The Morgan fingerprint density at radius 1 is 1.60 bits per heavy atom. The second kappa shape index (κ2) is 5.46. The average Bonchev–Trinajstić information content (AvgIpc) is 2.19. The zero-order valence-corrected chi connectivity index (χ0v) is 8.97. The number of hydrogen-bond acceptors (Lipinski definition) is 3. The van der Waals surface area contributed by atoms with Crippen LogP contribution in [0.25, 0.3) is 0 Å². The molecule has 1 aromatic heterocycles. The lowest BCUT2D eigenvalue weighted by Crippen LogP contribution is -2.29. The van der Waals surface area contributed by atoms with Crippen LogP contribution in [0.1, 0.15) is 13.8 Å². The number of aliphatic hydroxyl groups is 1. The molecule has 4 nitrogen and oxygen atoms in total. The molecule has 1 amide bonds. The highest BCUT2D eigenvalue weighted by molar-refractivity contribution is 5.92. The van der Waals surface area contributed by atoms with E-state index >= 15 is 0 Å². The van der Waals surface area contributed by atoms with Gasteiger partial charge < -0.3 is 10.4 Å². The van der Waals surface area contributed by atoms with Gasteiger partial charge in [-0.1, -0.05) is 13.8 Å². The number of hydrogen-bond donors (Lipinski definition) is 2. The maximum absolute atomic E-state index is 11.7. The molecular formula is C11H16N2O2. The van der Waals surface area contributed by atoms with E-state index in [0.717, 1.165) is 0 Å². The summed E-state index contributed by atoms with van der Waals surface area (Å²) in [5, 5.41) is 11.8. The van der Waals surface area contributed by atoms with Crippen LogP contribution in [0.15, 0.2) is 24.5 Å². The Hall–Kier alpha value is -1.42. The van der Waals surface area contributed by atoms with Crippen LogP contribution in [0.2, 0.25) is 0 Å². The lowest BCUT2D eigenvalue weighted by Gasteiger charge is -2.17. The predicted molar refractivity (Wildman–Crippen MR) is 58.3 cm³/mol. The van der Waals surface area contributed by atoms with Crippen LogP contribution in [-0.2, 0) is 4.79 Å². The highest BCUT2D eigenvalue weighted by Crippen LogP contribution is 2.13. The summed E-state index contributed by atoms with van der Waals surface area (Å²) in [6, 6.07) is 3.51. The minimum absolute atomic E-state index is 0.117. The summed E-state index contributed by atoms with van der Waals surface area (Å²) < 4.78 is 0. The summed E-state index contributed by atoms with van der Waals surface area (Å²) in [5.74, 6) is -0.419. The summed E-state index contributed by atoms with van der Waals surface area (Å²) in [6.45, 7) is 3.68. The van der Waals surface area contributed by atoms with Crippen molar-refractivity contribution in [1.29, 1.82) is 0 Å². The third kappa shape index (κ3) is 3.32. The van der Waals surface area contributed by atoms with Gasteiger partial charge >= 0.3 is 0 Å². The van der Waals surface area contributed by atoms with Gasteiger partial charge in [-0.3, -0.25) is 9.78 Å². The van der Waals surface area contributed by atoms with Gasteiger partial charge in [-0.2, -0.15) is 0 Å². The maximum Gasteiger partial charge on any atom is 0.230 e. The molecule has 0 radical (unpaired) electrons. The van der Waals surface area contributed by atoms with Crippen LogP contribution in [0.3, 0.4) is 0 Å². The largest absolute Gasteiger partial charge is 0.396 e. The standard InChI is InChI=1S/C11H16N2O2/c1-8(2)10(7-14)11(15)13-9-4-3-5-12-6-9/h3-6,8,10,14H,7H2,1-2H3,(H,13,15). The molecule has 1 rings (SSSR count). The van der Waals surface area contributed by atoms with Gasteiger partial charge in [-0.25, -0.2) is 0 Å². The fourth-order valence-electron chi connectivity index (χ4n) is 1.27. The van der Waals surface area contributed by atoms with Gasteiger partial charge in [0.1, 0.15) is 0 Å². The van der Waals surface area contributed by atoms with E-state index in [0.29, 0.717) is 5.69 Å². The Kier molecular flexibility index (Phi) is 4.24. The molecule has 82 valence electrons. The second-order valence-electron chi connectivity index (χ2n) is 3.76. The molecular weight excluding hydrogens is 192 g/mol. The van der Waals surface area contributed by atoms with Gasteiger partial charge in [-0.05, 0) is 18.1 Å². The average molecular weight is 208 g/mol. The van der Waals surface area contributed by atoms with E-state index in [1.54, 1.807) is 24.5 Å². The third-order valence-electron chi connectivity index (χ3n) is 2.27. The van der Waals surface area contributed by atoms with Gasteiger partial charge in [-0.15, -0.1) is 0 Å². The van der Waals surface area contributed by atoms with E-state index in [4.69, 9.17) is 5.11 Å². The van der Waals surface area contributed by atoms with E-state index in [-0.39, 0.29) is 24.3 Å². The molecule has 0 saturated carbocycles. The van der Waals surface area contributed by atoms with E-state index < -0.39 is 0 Å². The Morgan fingerprint density at radius 2 is 2.33 bits per heavy atom. The fourth-order valence-corrected chi connectivity index (χ4v) is 1.27. The fraction of sp³-hybridized carbons (Fsp3) is 0.455. The van der Waals surface area contributed by atoms with Crippen molar-refractivity contribution in [2.24, 2.45) is 11.8 Å². The predicted octanol–water partition coefficient (Wildman–Crippen LogP) is 1.28. The summed E-state index contributed by atoms with van der Waals surface area (Å²) in [6.07, 6.45) is 3.22. The molecule has 0 bridgehead atoms. The SMILES string of the molecule is CC(C)C(CO)C(=O)Nc1cccnc1. The van der Waals surface area contributed by atoms with Crippen LogP contribution in [0, 0.1) is 11.8 Å². The molecule has 2 N–H and O–H groups in total. The van der Waals surface area contributed by atoms with Crippen molar-refractivity contribution in [3.05, 3.63) is 24.5 Å². The highest BCUT2D eigenvalue weighted by atomic mass is 16.3. The van der Waals surface area contributed by atoms with E-state index in [2.05, 4.69) is 10.3 Å². The number of anilines is 1. The third-order valence-corrected chi connectivity index (χ3v) is 2.27. The first kappa shape index (κ1) is 11.7. The van der Waals surface area contributed by atoms with Crippen molar-refractivity contribution >= 4 is 11.6 Å². The number of rotatable bonds is 4. The first-order chi connectivity index (χ1) is 7.15. The van der Waals surface area contributed by atoms with E-state index in [1.165, 1.54) is 0 Å². The second-order valence-corrected chi connectivity index (χ2v) is 3.76. The zero-order valence-electron chi connectivity index (χ0n) is 8.97. The molecule has 1 aromatic rings. The molecule has 0 aliphatic rings. The van der Waals surface area contributed by atoms with Gasteiger partial charge in [0.05, 0.1) is 24.4 Å². The summed E-state index contributed by atoms with van der Waals surface area (Å²) >= 11 is 0. The summed E-state index contributed by atoms with van der Waals surface area (Å²) in [4.78, 5) is 15.6. The van der Waals surface area contributed by atoms with Crippen molar-refractivity contribution in [3.8, 4) is 0 Å². The van der Waals surface area contributed by atoms with Crippen molar-refractivity contribution in [2.75, 3.05) is 11.9 Å². The molecule has 0 aliphatic heterocycles. The van der Waals surface area contributed by atoms with Crippen LogP contribution in [0.5, 0.6) is 0 Å². The molecule has 0 fully saturated rings. The Morgan fingerprint density at radius 3 is 2.80 bits per heavy atom. The number of aliphatic hydroxyl groups excluding tert-OH is 1. The van der Waals surface area contributed by atoms with E-state index in [9.17, 15) is 4.79 Å². The van der Waals surface area contributed by atoms with Gasteiger partial charge in [0.15, 0.2) is 0 Å². The monoisotopic (exact) mass is 208 g/mol. The lowest BCUT2D eigenvalue weighted by molar-refractivity contribution is -0.122. The van der Waals surface area contributed by atoms with Crippen molar-refractivity contribution in [2.45, 2.75) is 13.8 Å². The Balaban J connectivity index is 2.62. The summed E-state index contributed by atoms with van der Waals surface area (Å²) in [5.41, 5.74) is 0.654. The number of carbonyl (C=O) groups is 1. The number of nitrogens with zero attached hydrogens (tertiary/aromatic N) is 1. The molecule has 0 aliphatic carbocycles. The van der Waals surface area contributed by atoms with Gasteiger partial charge in [0, 0.05) is 6.20 Å². The van der Waals surface area contributed by atoms with Crippen molar-refractivity contribution in [1.82, 2.24) is 4.98 Å². The number of aromatic nitrogens is 1. The topological polar surface area (TPSA) is 62.2 Å². The van der Waals surface area contributed by atoms with Crippen LogP contribution in [-0.4, -0.2) is 22.6 Å². The molecule has 0 spiro atoms. The molecule has 1 unspecified atom stereocenters. The zero-order chi connectivity index (χ0) is 11.3. The molecule has 1 atom stereocenters.